The van der Waals surface area contributed by atoms with Gasteiger partial charge in [0.05, 0.1) is 0 Å². The van der Waals surface area contributed by atoms with E-state index in [1.807, 2.05) is 30.3 Å². The van der Waals surface area contributed by atoms with Crippen LogP contribution in [-0.2, 0) is 12.3 Å². The lowest BCUT2D eigenvalue weighted by Gasteiger charge is -2.10. The first-order valence-electron chi connectivity index (χ1n) is 9.64. The molecule has 0 aliphatic heterocycles. The predicted octanol–water partition coefficient (Wildman–Crippen LogP) is 7.42. The fourth-order valence-electron chi connectivity index (χ4n) is 3.34. The molecule has 0 saturated heterocycles. The third kappa shape index (κ3) is 4.24. The molecule has 0 N–H and O–H groups in total. The van der Waals surface area contributed by atoms with Crippen LogP contribution in [0.25, 0.3) is 22.5 Å². The van der Waals surface area contributed by atoms with E-state index in [0.717, 1.165) is 32.9 Å². The minimum atomic E-state index is 0.648. The Hall–Kier alpha value is -2.34. The number of halogens is 1. The van der Waals surface area contributed by atoms with E-state index in [-0.39, 0.29) is 0 Å². The van der Waals surface area contributed by atoms with Crippen LogP contribution in [0.2, 0.25) is 5.02 Å². The summed E-state index contributed by atoms with van der Waals surface area (Å²) in [6.07, 6.45) is 1.89. The molecule has 0 spiro atoms. The highest BCUT2D eigenvalue weighted by Gasteiger charge is 2.20. The average molecular weight is 452 g/mol. The quantitative estimate of drug-likeness (QED) is 0.216. The van der Waals surface area contributed by atoms with Crippen LogP contribution in [0.4, 0.5) is 0 Å². The number of thiophene rings is 1. The van der Waals surface area contributed by atoms with Gasteiger partial charge in [0.2, 0.25) is 0 Å². The number of allylic oxidation sites excluding steroid dienone is 1. The lowest BCUT2D eigenvalue weighted by atomic mass is 10.0. The molecule has 2 aromatic carbocycles. The lowest BCUT2D eigenvalue weighted by molar-refractivity contribution is 0.731. The van der Waals surface area contributed by atoms with Gasteiger partial charge >= 0.3 is 0 Å². The van der Waals surface area contributed by atoms with E-state index in [2.05, 4.69) is 64.8 Å². The van der Waals surface area contributed by atoms with E-state index in [1.54, 1.807) is 23.1 Å². The van der Waals surface area contributed by atoms with Gasteiger partial charge in [0, 0.05) is 38.7 Å². The van der Waals surface area contributed by atoms with Crippen LogP contribution in [0.15, 0.2) is 71.7 Å². The third-order valence-electron chi connectivity index (χ3n) is 4.90. The van der Waals surface area contributed by atoms with E-state index < -0.39 is 0 Å². The molecule has 0 aliphatic rings. The fraction of sp³-hybridized carbons (Fsp3) is 0.167. The number of aromatic nitrogens is 3. The monoisotopic (exact) mass is 451 g/mol. The van der Waals surface area contributed by atoms with Crippen molar-refractivity contribution in [3.05, 3.63) is 87.6 Å². The number of rotatable bonds is 7. The van der Waals surface area contributed by atoms with Crippen LogP contribution in [0.5, 0.6) is 0 Å². The van der Waals surface area contributed by atoms with Gasteiger partial charge in [-0.1, -0.05) is 77.5 Å². The van der Waals surface area contributed by atoms with Gasteiger partial charge in [-0.15, -0.1) is 28.1 Å². The Labute approximate surface area is 190 Å². The van der Waals surface area contributed by atoms with E-state index in [9.17, 15) is 0 Å². The maximum absolute atomic E-state index is 6.32. The molecule has 3 nitrogen and oxygen atoms in total. The van der Waals surface area contributed by atoms with Crippen LogP contribution >= 0.6 is 34.7 Å². The minimum Gasteiger partial charge on any atom is -0.298 e. The molecule has 6 heteroatoms. The number of aryl methyl sites for hydroxylation is 2. The van der Waals surface area contributed by atoms with E-state index in [0.29, 0.717) is 6.54 Å². The normalized spacial score (nSPS) is 11.0. The van der Waals surface area contributed by atoms with Gasteiger partial charge < -0.3 is 0 Å². The van der Waals surface area contributed by atoms with Crippen LogP contribution in [0, 0.1) is 13.8 Å². The van der Waals surface area contributed by atoms with Crippen LogP contribution in [0.3, 0.4) is 0 Å². The molecule has 152 valence electrons. The molecule has 0 unspecified atom stereocenters. The third-order valence-corrected chi connectivity index (χ3v) is 7.19. The topological polar surface area (TPSA) is 30.7 Å². The average Bonchev–Trinajstić information content (AvgIpc) is 3.31. The van der Waals surface area contributed by atoms with Crippen molar-refractivity contribution < 1.29 is 0 Å². The first-order valence-corrected chi connectivity index (χ1v) is 11.9. The van der Waals surface area contributed by atoms with Crippen molar-refractivity contribution in [3.8, 4) is 22.5 Å². The molecule has 2 heterocycles. The van der Waals surface area contributed by atoms with E-state index in [4.69, 9.17) is 11.6 Å². The highest BCUT2D eigenvalue weighted by atomic mass is 35.5. The number of nitrogens with zero attached hydrogens (tertiary/aromatic N) is 3. The first-order chi connectivity index (χ1) is 14.6. The summed E-state index contributed by atoms with van der Waals surface area (Å²) >= 11 is 9.71. The predicted molar refractivity (Wildman–Crippen MR) is 129 cm³/mol. The van der Waals surface area contributed by atoms with Gasteiger partial charge in [0.25, 0.3) is 0 Å². The van der Waals surface area contributed by atoms with Crippen molar-refractivity contribution in [1.29, 1.82) is 0 Å². The zero-order valence-electron chi connectivity index (χ0n) is 16.9. The van der Waals surface area contributed by atoms with Gasteiger partial charge in [-0.2, -0.15) is 0 Å². The van der Waals surface area contributed by atoms with Crippen LogP contribution in [-0.4, -0.2) is 14.8 Å². The second-order valence-electron chi connectivity index (χ2n) is 7.03. The second kappa shape index (κ2) is 9.21. The molecule has 30 heavy (non-hydrogen) atoms. The minimum absolute atomic E-state index is 0.648. The second-order valence-corrected chi connectivity index (χ2v) is 9.47. The van der Waals surface area contributed by atoms with Crippen molar-refractivity contribution in [2.24, 2.45) is 0 Å². The Kier molecular flexibility index (Phi) is 6.42. The van der Waals surface area contributed by atoms with Crippen molar-refractivity contribution in [1.82, 2.24) is 14.8 Å². The molecule has 0 amide bonds. The maximum Gasteiger partial charge on any atom is 0.192 e. The summed E-state index contributed by atoms with van der Waals surface area (Å²) in [5.41, 5.74) is 5.88. The molecular formula is C24H22ClN3S2. The number of hydrogen-bond acceptors (Lipinski definition) is 4. The number of benzene rings is 2. The van der Waals surface area contributed by atoms with Crippen molar-refractivity contribution in [3.63, 3.8) is 0 Å². The van der Waals surface area contributed by atoms with Gasteiger partial charge in [0.1, 0.15) is 0 Å². The zero-order chi connectivity index (χ0) is 21.1. The molecule has 0 atom stereocenters. The van der Waals surface area contributed by atoms with Gasteiger partial charge in [-0.3, -0.25) is 4.57 Å². The highest BCUT2D eigenvalue weighted by molar-refractivity contribution is 7.98. The van der Waals surface area contributed by atoms with Gasteiger partial charge in [-0.05, 0) is 31.0 Å². The number of hydrogen-bond donors (Lipinski definition) is 0. The summed E-state index contributed by atoms with van der Waals surface area (Å²) in [5, 5.41) is 12.9. The Morgan fingerprint density at radius 2 is 1.87 bits per heavy atom. The van der Waals surface area contributed by atoms with Gasteiger partial charge in [0.15, 0.2) is 11.0 Å². The summed E-state index contributed by atoms with van der Waals surface area (Å²) in [4.78, 5) is 1.27. The Bertz CT molecular complexity index is 1180. The molecule has 0 radical (unpaired) electrons. The van der Waals surface area contributed by atoms with Crippen LogP contribution in [0.1, 0.15) is 16.0 Å². The standard InChI is InChI=1S/C24H22ClN3S2/c1-4-13-28-23(26-27-24(28)30-14-19-7-5-6-8-21(19)25)20-15-29-17(3)22(20)18-11-9-16(2)10-12-18/h4-12,15H,1,13-14H2,2-3H3. The first kappa shape index (κ1) is 20.9. The summed E-state index contributed by atoms with van der Waals surface area (Å²) in [6.45, 7) is 8.85. The summed E-state index contributed by atoms with van der Waals surface area (Å²) in [6, 6.07) is 16.6. The maximum atomic E-state index is 6.32. The molecule has 0 aliphatic carbocycles. The largest absolute Gasteiger partial charge is 0.298 e. The molecule has 0 saturated carbocycles. The smallest absolute Gasteiger partial charge is 0.192 e. The Morgan fingerprint density at radius 1 is 1.10 bits per heavy atom. The molecule has 0 fully saturated rings. The van der Waals surface area contributed by atoms with E-state index >= 15 is 0 Å². The Morgan fingerprint density at radius 3 is 2.60 bits per heavy atom. The lowest BCUT2D eigenvalue weighted by Crippen LogP contribution is -2.01. The Balaban J connectivity index is 1.71. The van der Waals surface area contributed by atoms with E-state index in [1.165, 1.54) is 21.6 Å². The highest BCUT2D eigenvalue weighted by Crippen LogP contribution is 2.39. The van der Waals surface area contributed by atoms with Gasteiger partial charge in [-0.25, -0.2) is 0 Å². The molecular weight excluding hydrogens is 430 g/mol. The van der Waals surface area contributed by atoms with Crippen molar-refractivity contribution >= 4 is 34.7 Å². The molecule has 2 aromatic heterocycles. The summed E-state index contributed by atoms with van der Waals surface area (Å²) in [7, 11) is 0. The SMILES string of the molecule is C=CCn1c(SCc2ccccc2Cl)nnc1-c1csc(C)c1-c1ccc(C)cc1. The summed E-state index contributed by atoms with van der Waals surface area (Å²) in [5.74, 6) is 1.61. The number of thioether (sulfide) groups is 1. The van der Waals surface area contributed by atoms with Crippen molar-refractivity contribution in [2.75, 3.05) is 0 Å². The molecule has 4 aromatic rings. The molecule has 4 rings (SSSR count). The fourth-order valence-corrected chi connectivity index (χ4v) is 5.44. The zero-order valence-corrected chi connectivity index (χ0v) is 19.3. The summed E-state index contributed by atoms with van der Waals surface area (Å²) < 4.78 is 2.13. The molecule has 0 bridgehead atoms. The van der Waals surface area contributed by atoms with Crippen molar-refractivity contribution in [2.45, 2.75) is 31.3 Å². The van der Waals surface area contributed by atoms with Crippen LogP contribution < -0.4 is 0 Å².